The van der Waals surface area contributed by atoms with Crippen molar-refractivity contribution in [3.05, 3.63) is 18.2 Å². The molecule has 0 saturated carbocycles. The van der Waals surface area contributed by atoms with Crippen LogP contribution < -0.4 is 0 Å². The van der Waals surface area contributed by atoms with Crippen LogP contribution in [-0.4, -0.2) is 14.7 Å². The molecule has 1 aromatic rings. The van der Waals surface area contributed by atoms with Crippen LogP contribution in [0.15, 0.2) is 12.5 Å². The summed E-state index contributed by atoms with van der Waals surface area (Å²) in [5, 5.41) is 9.02. The van der Waals surface area contributed by atoms with Gasteiger partial charge < -0.3 is 9.67 Å². The number of imidazole rings is 1. The van der Waals surface area contributed by atoms with Crippen molar-refractivity contribution in [2.75, 3.05) is 0 Å². The highest BCUT2D eigenvalue weighted by Gasteiger charge is 2.16. The molecule has 0 fully saturated rings. The van der Waals surface area contributed by atoms with Crippen molar-refractivity contribution in [1.82, 2.24) is 9.55 Å². The Morgan fingerprint density at radius 3 is 2.77 bits per heavy atom. The maximum Gasteiger partial charge on any atom is 0.0949 e. The standard InChI is InChI=1S/C10H18N2O/c1-4-10(2,3)7-12-8-11-5-9(12)6-13/h5,8,13H,4,6-7H2,1-3H3. The van der Waals surface area contributed by atoms with Crippen molar-refractivity contribution in [3.8, 4) is 0 Å². The van der Waals surface area contributed by atoms with Crippen LogP contribution >= 0.6 is 0 Å². The lowest BCUT2D eigenvalue weighted by Gasteiger charge is -2.23. The van der Waals surface area contributed by atoms with Gasteiger partial charge >= 0.3 is 0 Å². The molecule has 0 atom stereocenters. The van der Waals surface area contributed by atoms with E-state index in [-0.39, 0.29) is 12.0 Å². The van der Waals surface area contributed by atoms with E-state index in [4.69, 9.17) is 5.11 Å². The smallest absolute Gasteiger partial charge is 0.0949 e. The highest BCUT2D eigenvalue weighted by atomic mass is 16.3. The average Bonchev–Trinajstić information content (AvgIpc) is 2.51. The Labute approximate surface area is 79.4 Å². The molecule has 1 rings (SSSR count). The lowest BCUT2D eigenvalue weighted by molar-refractivity contribution is 0.249. The van der Waals surface area contributed by atoms with Crippen LogP contribution in [0, 0.1) is 5.41 Å². The van der Waals surface area contributed by atoms with E-state index >= 15 is 0 Å². The molecule has 0 unspecified atom stereocenters. The van der Waals surface area contributed by atoms with E-state index in [0.717, 1.165) is 18.7 Å². The van der Waals surface area contributed by atoms with Crippen molar-refractivity contribution in [1.29, 1.82) is 0 Å². The zero-order valence-electron chi connectivity index (χ0n) is 8.62. The molecule has 74 valence electrons. The quantitative estimate of drug-likeness (QED) is 0.771. The first kappa shape index (κ1) is 10.3. The van der Waals surface area contributed by atoms with Crippen molar-refractivity contribution >= 4 is 0 Å². The molecule has 0 aliphatic rings. The summed E-state index contributed by atoms with van der Waals surface area (Å²) in [6.07, 6.45) is 4.62. The van der Waals surface area contributed by atoms with Crippen LogP contribution in [0.1, 0.15) is 32.9 Å². The van der Waals surface area contributed by atoms with Gasteiger partial charge in [-0.05, 0) is 11.8 Å². The Balaban J connectivity index is 2.73. The molecule has 3 heteroatoms. The molecule has 0 aliphatic carbocycles. The van der Waals surface area contributed by atoms with Crippen LogP contribution in [0.2, 0.25) is 0 Å². The average molecular weight is 182 g/mol. The van der Waals surface area contributed by atoms with Crippen LogP contribution in [0.4, 0.5) is 0 Å². The van der Waals surface area contributed by atoms with E-state index in [1.165, 1.54) is 0 Å². The normalized spacial score (nSPS) is 12.0. The van der Waals surface area contributed by atoms with Gasteiger partial charge in [0, 0.05) is 6.54 Å². The fraction of sp³-hybridized carbons (Fsp3) is 0.700. The third kappa shape index (κ3) is 2.56. The summed E-state index contributed by atoms with van der Waals surface area (Å²) in [4.78, 5) is 4.01. The lowest BCUT2D eigenvalue weighted by atomic mass is 9.90. The predicted octanol–water partition coefficient (Wildman–Crippen LogP) is 1.81. The number of hydrogen-bond donors (Lipinski definition) is 1. The molecular weight excluding hydrogens is 164 g/mol. The summed E-state index contributed by atoms with van der Waals surface area (Å²) in [5.41, 5.74) is 1.16. The minimum Gasteiger partial charge on any atom is -0.390 e. The zero-order valence-corrected chi connectivity index (χ0v) is 8.62. The van der Waals surface area contributed by atoms with Crippen LogP contribution in [0.3, 0.4) is 0 Å². The Hall–Kier alpha value is -0.830. The third-order valence-electron chi connectivity index (χ3n) is 2.52. The van der Waals surface area contributed by atoms with E-state index in [2.05, 4.69) is 25.8 Å². The Kier molecular flexibility index (Phi) is 3.09. The number of rotatable bonds is 4. The van der Waals surface area contributed by atoms with Gasteiger partial charge in [0.05, 0.1) is 24.8 Å². The van der Waals surface area contributed by atoms with Gasteiger partial charge in [-0.25, -0.2) is 4.98 Å². The number of nitrogens with zero attached hydrogens (tertiary/aromatic N) is 2. The van der Waals surface area contributed by atoms with Gasteiger partial charge in [-0.2, -0.15) is 0 Å². The van der Waals surface area contributed by atoms with E-state index in [9.17, 15) is 0 Å². The Morgan fingerprint density at radius 2 is 2.23 bits per heavy atom. The molecular formula is C10H18N2O. The molecule has 0 aromatic carbocycles. The molecule has 0 saturated heterocycles. The minimum atomic E-state index is 0.0692. The molecule has 0 spiro atoms. The van der Waals surface area contributed by atoms with Crippen molar-refractivity contribution in [2.24, 2.45) is 5.41 Å². The maximum absolute atomic E-state index is 9.02. The van der Waals surface area contributed by atoms with Crippen LogP contribution in [0.5, 0.6) is 0 Å². The third-order valence-corrected chi connectivity index (χ3v) is 2.52. The van der Waals surface area contributed by atoms with Gasteiger partial charge in [-0.3, -0.25) is 0 Å². The first-order valence-electron chi connectivity index (χ1n) is 4.69. The summed E-state index contributed by atoms with van der Waals surface area (Å²) in [5.74, 6) is 0. The molecule has 1 aromatic heterocycles. The first-order valence-corrected chi connectivity index (χ1v) is 4.69. The van der Waals surface area contributed by atoms with Gasteiger partial charge in [-0.1, -0.05) is 20.8 Å². The van der Waals surface area contributed by atoms with E-state index in [1.807, 2.05) is 4.57 Å². The van der Waals surface area contributed by atoms with E-state index in [0.29, 0.717) is 0 Å². The van der Waals surface area contributed by atoms with Gasteiger partial charge in [0.15, 0.2) is 0 Å². The maximum atomic E-state index is 9.02. The number of aliphatic hydroxyl groups is 1. The first-order chi connectivity index (χ1) is 6.09. The molecule has 3 nitrogen and oxygen atoms in total. The second-order valence-electron chi connectivity index (χ2n) is 4.19. The van der Waals surface area contributed by atoms with Crippen LogP contribution in [0.25, 0.3) is 0 Å². The largest absolute Gasteiger partial charge is 0.390 e. The Morgan fingerprint density at radius 1 is 1.54 bits per heavy atom. The highest BCUT2D eigenvalue weighted by molar-refractivity contribution is 4.96. The zero-order chi connectivity index (χ0) is 9.90. The number of aliphatic hydroxyl groups excluding tert-OH is 1. The van der Waals surface area contributed by atoms with E-state index < -0.39 is 0 Å². The molecule has 0 bridgehead atoms. The second kappa shape index (κ2) is 3.92. The summed E-state index contributed by atoms with van der Waals surface area (Å²) in [7, 11) is 0. The summed E-state index contributed by atoms with van der Waals surface area (Å²) < 4.78 is 2.02. The molecule has 13 heavy (non-hydrogen) atoms. The number of aromatic nitrogens is 2. The summed E-state index contributed by atoms with van der Waals surface area (Å²) in [6, 6.07) is 0. The van der Waals surface area contributed by atoms with Crippen molar-refractivity contribution in [3.63, 3.8) is 0 Å². The Bertz CT molecular complexity index is 266. The van der Waals surface area contributed by atoms with Crippen LogP contribution in [-0.2, 0) is 13.2 Å². The monoisotopic (exact) mass is 182 g/mol. The van der Waals surface area contributed by atoms with Gasteiger partial charge in [0.25, 0.3) is 0 Å². The predicted molar refractivity (Wildman–Crippen MR) is 52.2 cm³/mol. The topological polar surface area (TPSA) is 38.0 Å². The van der Waals surface area contributed by atoms with Gasteiger partial charge in [0.2, 0.25) is 0 Å². The SMILES string of the molecule is CCC(C)(C)Cn1cncc1CO. The lowest BCUT2D eigenvalue weighted by Crippen LogP contribution is -2.19. The van der Waals surface area contributed by atoms with Gasteiger partial charge in [0.1, 0.15) is 0 Å². The molecule has 0 radical (unpaired) electrons. The van der Waals surface area contributed by atoms with E-state index in [1.54, 1.807) is 12.5 Å². The fourth-order valence-electron chi connectivity index (χ4n) is 1.20. The van der Waals surface area contributed by atoms with Gasteiger partial charge in [-0.15, -0.1) is 0 Å². The number of hydrogen-bond acceptors (Lipinski definition) is 2. The molecule has 0 aliphatic heterocycles. The summed E-state index contributed by atoms with van der Waals surface area (Å²) in [6.45, 7) is 7.59. The molecule has 1 N–H and O–H groups in total. The highest BCUT2D eigenvalue weighted by Crippen LogP contribution is 2.22. The summed E-state index contributed by atoms with van der Waals surface area (Å²) >= 11 is 0. The molecule has 0 amide bonds. The second-order valence-corrected chi connectivity index (χ2v) is 4.19. The minimum absolute atomic E-state index is 0.0692. The van der Waals surface area contributed by atoms with Crippen molar-refractivity contribution in [2.45, 2.75) is 40.3 Å². The fourth-order valence-corrected chi connectivity index (χ4v) is 1.20. The molecule has 1 heterocycles. The van der Waals surface area contributed by atoms with Crippen molar-refractivity contribution < 1.29 is 5.11 Å².